The Kier molecular flexibility index (Phi) is 3.11. The van der Waals surface area contributed by atoms with Gasteiger partial charge in [0, 0.05) is 12.8 Å². The van der Waals surface area contributed by atoms with Crippen LogP contribution < -0.4 is 0 Å². The summed E-state index contributed by atoms with van der Waals surface area (Å²) >= 11 is 0. The number of Topliss-reactive ketones (excluding diaryl/α,β-unsaturated/α-hetero) is 1. The molecule has 0 bridgehead atoms. The number of rotatable bonds is 1. The van der Waals surface area contributed by atoms with Crippen molar-refractivity contribution in [3.05, 3.63) is 0 Å². The fourth-order valence-electron chi connectivity index (χ4n) is 3.00. The van der Waals surface area contributed by atoms with E-state index in [0.717, 1.165) is 25.7 Å². The van der Waals surface area contributed by atoms with Gasteiger partial charge in [0.1, 0.15) is 6.10 Å². The minimum absolute atomic E-state index is 0.247. The summed E-state index contributed by atoms with van der Waals surface area (Å²) in [4.78, 5) is 22.4. The fourth-order valence-corrected chi connectivity index (χ4v) is 3.00. The molecule has 3 atom stereocenters. The zero-order chi connectivity index (χ0) is 13.6. The maximum atomic E-state index is 11.3. The molecule has 0 amide bonds. The lowest BCUT2D eigenvalue weighted by atomic mass is 9.86. The number of ether oxygens (including phenoxy) is 3. The van der Waals surface area contributed by atoms with Crippen molar-refractivity contribution in [2.45, 2.75) is 56.7 Å². The first-order chi connectivity index (χ1) is 9.01. The Morgan fingerprint density at radius 1 is 1.26 bits per heavy atom. The van der Waals surface area contributed by atoms with Gasteiger partial charge < -0.3 is 19.3 Å². The second-order valence-electron chi connectivity index (χ2n) is 5.74. The average Bonchev–Trinajstić information content (AvgIpc) is 2.91. The van der Waals surface area contributed by atoms with E-state index in [1.54, 1.807) is 0 Å². The molecule has 6 nitrogen and oxygen atoms in total. The van der Waals surface area contributed by atoms with Crippen LogP contribution in [-0.4, -0.2) is 47.6 Å². The molecule has 3 fully saturated rings. The maximum Gasteiger partial charge on any atom is 0.378 e. The number of ketones is 1. The van der Waals surface area contributed by atoms with E-state index >= 15 is 0 Å². The molecule has 0 radical (unpaired) electrons. The predicted octanol–water partition coefficient (Wildman–Crippen LogP) is 0.164. The average molecular weight is 270 g/mol. The van der Waals surface area contributed by atoms with Crippen molar-refractivity contribution >= 4 is 11.8 Å². The molecule has 19 heavy (non-hydrogen) atoms. The number of cyclic esters (lactones) is 1. The van der Waals surface area contributed by atoms with E-state index in [0.29, 0.717) is 5.92 Å². The second-order valence-corrected chi connectivity index (χ2v) is 5.74. The second kappa shape index (κ2) is 4.54. The van der Waals surface area contributed by atoms with Gasteiger partial charge in [-0.3, -0.25) is 4.79 Å². The van der Waals surface area contributed by atoms with E-state index in [9.17, 15) is 14.7 Å². The van der Waals surface area contributed by atoms with Gasteiger partial charge in [0.2, 0.25) is 0 Å². The topological polar surface area (TPSA) is 82.1 Å². The molecule has 6 heteroatoms. The van der Waals surface area contributed by atoms with Crippen molar-refractivity contribution in [3.63, 3.8) is 0 Å². The van der Waals surface area contributed by atoms with Crippen LogP contribution in [0.4, 0.5) is 0 Å². The van der Waals surface area contributed by atoms with Crippen LogP contribution in [0, 0.1) is 5.92 Å². The zero-order valence-corrected chi connectivity index (χ0v) is 10.8. The molecule has 106 valence electrons. The Morgan fingerprint density at radius 3 is 2.53 bits per heavy atom. The van der Waals surface area contributed by atoms with Crippen LogP contribution >= 0.6 is 0 Å². The lowest BCUT2D eigenvalue weighted by Crippen LogP contribution is -2.41. The molecule has 2 saturated heterocycles. The highest BCUT2D eigenvalue weighted by molar-refractivity contribution is 6.37. The van der Waals surface area contributed by atoms with Crippen LogP contribution in [0.3, 0.4) is 0 Å². The molecule has 3 aliphatic rings. The third-order valence-electron chi connectivity index (χ3n) is 4.30. The van der Waals surface area contributed by atoms with Crippen LogP contribution in [0.1, 0.15) is 32.6 Å². The van der Waals surface area contributed by atoms with E-state index in [1.807, 2.05) is 0 Å². The summed E-state index contributed by atoms with van der Waals surface area (Å²) in [5, 5.41) is 9.69. The van der Waals surface area contributed by atoms with E-state index in [-0.39, 0.29) is 6.61 Å². The molecular weight excluding hydrogens is 252 g/mol. The molecule has 3 rings (SSSR count). The van der Waals surface area contributed by atoms with Gasteiger partial charge in [0.25, 0.3) is 5.78 Å². The largest absolute Gasteiger partial charge is 0.450 e. The SMILES string of the molecule is CC1CCC2(CC1)OCC(C1OC(=O)C(=O)C1O)O2. The van der Waals surface area contributed by atoms with Gasteiger partial charge in [0.05, 0.1) is 6.61 Å². The number of esters is 1. The van der Waals surface area contributed by atoms with Gasteiger partial charge >= 0.3 is 5.97 Å². The summed E-state index contributed by atoms with van der Waals surface area (Å²) in [5.41, 5.74) is 0. The van der Waals surface area contributed by atoms with Crippen molar-refractivity contribution in [2.75, 3.05) is 6.61 Å². The molecule has 2 heterocycles. The van der Waals surface area contributed by atoms with Crippen LogP contribution in [-0.2, 0) is 23.8 Å². The summed E-state index contributed by atoms with van der Waals surface area (Å²) in [7, 11) is 0. The summed E-state index contributed by atoms with van der Waals surface area (Å²) in [6.07, 6.45) is 0.735. The van der Waals surface area contributed by atoms with Crippen LogP contribution in [0.2, 0.25) is 0 Å². The molecule has 0 aromatic carbocycles. The third kappa shape index (κ3) is 2.17. The number of aliphatic hydroxyl groups is 1. The minimum Gasteiger partial charge on any atom is -0.450 e. The highest BCUT2D eigenvalue weighted by atomic mass is 16.8. The minimum atomic E-state index is -1.43. The Labute approximate surface area is 111 Å². The Bertz CT molecular complexity index is 398. The summed E-state index contributed by atoms with van der Waals surface area (Å²) in [6.45, 7) is 2.44. The van der Waals surface area contributed by atoms with Gasteiger partial charge in [-0.2, -0.15) is 0 Å². The van der Waals surface area contributed by atoms with Gasteiger partial charge in [0.15, 0.2) is 18.0 Å². The number of hydrogen-bond donors (Lipinski definition) is 1. The molecule has 1 aliphatic carbocycles. The summed E-state index contributed by atoms with van der Waals surface area (Å²) < 4.78 is 16.5. The standard InChI is InChI=1S/C13H18O6/c1-7-2-4-13(5-3-7)17-6-8(19-13)11-9(14)10(15)12(16)18-11/h7-9,11,14H,2-6H2,1H3. The molecule has 3 unspecified atom stereocenters. The van der Waals surface area contributed by atoms with Crippen molar-refractivity contribution in [3.8, 4) is 0 Å². The van der Waals surface area contributed by atoms with Gasteiger partial charge in [-0.05, 0) is 18.8 Å². The normalized spacial score (nSPS) is 46.8. The van der Waals surface area contributed by atoms with Crippen LogP contribution in [0.5, 0.6) is 0 Å². The Morgan fingerprint density at radius 2 is 1.95 bits per heavy atom. The first kappa shape index (κ1) is 13.0. The summed E-state index contributed by atoms with van der Waals surface area (Å²) in [6, 6.07) is 0. The highest BCUT2D eigenvalue weighted by Crippen LogP contribution is 2.41. The highest BCUT2D eigenvalue weighted by Gasteiger charge is 2.53. The lowest BCUT2D eigenvalue weighted by molar-refractivity contribution is -0.204. The quantitative estimate of drug-likeness (QED) is 0.540. The van der Waals surface area contributed by atoms with E-state index in [4.69, 9.17) is 14.2 Å². The number of carbonyl (C=O) groups excluding carboxylic acids is 2. The molecule has 1 saturated carbocycles. The number of aliphatic hydroxyl groups excluding tert-OH is 1. The van der Waals surface area contributed by atoms with Gasteiger partial charge in [-0.1, -0.05) is 6.92 Å². The molecule has 2 aliphatic heterocycles. The van der Waals surface area contributed by atoms with Gasteiger partial charge in [-0.15, -0.1) is 0 Å². The molecule has 0 aromatic rings. The Balaban J connectivity index is 1.66. The maximum absolute atomic E-state index is 11.3. The molecular formula is C13H18O6. The van der Waals surface area contributed by atoms with Crippen molar-refractivity contribution < 1.29 is 28.9 Å². The van der Waals surface area contributed by atoms with Crippen molar-refractivity contribution in [1.82, 2.24) is 0 Å². The first-order valence-corrected chi connectivity index (χ1v) is 6.75. The Hall–Kier alpha value is -0.980. The van der Waals surface area contributed by atoms with Crippen molar-refractivity contribution in [2.24, 2.45) is 5.92 Å². The van der Waals surface area contributed by atoms with Crippen LogP contribution in [0.25, 0.3) is 0 Å². The predicted molar refractivity (Wildman–Crippen MR) is 62.1 cm³/mol. The summed E-state index contributed by atoms with van der Waals surface area (Å²) in [5.74, 6) is -1.84. The third-order valence-corrected chi connectivity index (χ3v) is 4.30. The van der Waals surface area contributed by atoms with E-state index in [2.05, 4.69) is 6.92 Å². The lowest BCUT2D eigenvalue weighted by Gasteiger charge is -2.35. The van der Waals surface area contributed by atoms with E-state index in [1.165, 1.54) is 0 Å². The monoisotopic (exact) mass is 270 g/mol. The molecule has 0 aromatic heterocycles. The first-order valence-electron chi connectivity index (χ1n) is 6.75. The number of hydrogen-bond acceptors (Lipinski definition) is 6. The fraction of sp³-hybridized carbons (Fsp3) is 0.846. The molecule has 1 N–H and O–H groups in total. The number of carbonyl (C=O) groups is 2. The smallest absolute Gasteiger partial charge is 0.378 e. The van der Waals surface area contributed by atoms with Crippen molar-refractivity contribution in [1.29, 1.82) is 0 Å². The van der Waals surface area contributed by atoms with Crippen LogP contribution in [0.15, 0.2) is 0 Å². The van der Waals surface area contributed by atoms with E-state index < -0.39 is 35.9 Å². The van der Waals surface area contributed by atoms with Gasteiger partial charge in [-0.25, -0.2) is 4.79 Å². The molecule has 1 spiro atoms. The zero-order valence-electron chi connectivity index (χ0n) is 10.8.